The summed E-state index contributed by atoms with van der Waals surface area (Å²) in [6.07, 6.45) is 1.53. The summed E-state index contributed by atoms with van der Waals surface area (Å²) < 4.78 is 18.6. The molecular formula is C21H27FN4O2. The van der Waals surface area contributed by atoms with Gasteiger partial charge in [-0.15, -0.1) is 0 Å². The van der Waals surface area contributed by atoms with Crippen LogP contribution in [-0.4, -0.2) is 42.8 Å². The summed E-state index contributed by atoms with van der Waals surface area (Å²) in [5.74, 6) is -0.469. The molecule has 0 bridgehead atoms. The van der Waals surface area contributed by atoms with Crippen molar-refractivity contribution in [3.8, 4) is 12.1 Å². The molecule has 6 nitrogen and oxygen atoms in total. The number of benzene rings is 1. The Balaban J connectivity index is 1.86. The molecule has 1 N–H and O–H groups in total. The van der Waals surface area contributed by atoms with Crippen LogP contribution in [0.5, 0.6) is 0 Å². The predicted octanol–water partition coefficient (Wildman–Crippen LogP) is 3.47. The van der Waals surface area contributed by atoms with E-state index in [-0.39, 0.29) is 5.56 Å². The molecule has 1 heterocycles. The van der Waals surface area contributed by atoms with Crippen LogP contribution in [0.3, 0.4) is 0 Å². The van der Waals surface area contributed by atoms with Crippen molar-refractivity contribution in [1.29, 1.82) is 10.5 Å². The number of carbonyl (C=O) groups excluding carboxylic acids is 1. The standard InChI is InChI=1S/C21H27FN4O2/c1-20(2,3)28-19(27)25-9-4-10-26-11-7-21(15-24,8-12-26)18-6-5-17(22)13-16(18)14-23/h5-6,13H,4,7-12H2,1-3H3,(H,25,27). The minimum absolute atomic E-state index is 0.233. The number of likely N-dealkylation sites (tertiary alicyclic amines) is 1. The van der Waals surface area contributed by atoms with Gasteiger partial charge in [0.05, 0.1) is 23.1 Å². The van der Waals surface area contributed by atoms with Gasteiger partial charge < -0.3 is 15.0 Å². The van der Waals surface area contributed by atoms with Crippen LogP contribution in [0, 0.1) is 28.5 Å². The first-order valence-electron chi connectivity index (χ1n) is 9.50. The van der Waals surface area contributed by atoms with E-state index in [2.05, 4.69) is 16.3 Å². The van der Waals surface area contributed by atoms with E-state index < -0.39 is 22.9 Å². The molecule has 1 saturated heterocycles. The topological polar surface area (TPSA) is 89.2 Å². The van der Waals surface area contributed by atoms with E-state index in [9.17, 15) is 19.7 Å². The first kappa shape index (κ1) is 21.7. The predicted molar refractivity (Wildman–Crippen MR) is 103 cm³/mol. The van der Waals surface area contributed by atoms with Crippen LogP contribution in [0.25, 0.3) is 0 Å². The van der Waals surface area contributed by atoms with Crippen molar-refractivity contribution in [2.24, 2.45) is 0 Å². The second-order valence-electron chi connectivity index (χ2n) is 8.12. The van der Waals surface area contributed by atoms with Gasteiger partial charge in [-0.3, -0.25) is 0 Å². The molecule has 0 saturated carbocycles. The first-order valence-corrected chi connectivity index (χ1v) is 9.50. The largest absolute Gasteiger partial charge is 0.444 e. The molecule has 0 radical (unpaired) electrons. The van der Waals surface area contributed by atoms with Gasteiger partial charge in [-0.25, -0.2) is 9.18 Å². The van der Waals surface area contributed by atoms with Gasteiger partial charge in [0, 0.05) is 6.54 Å². The van der Waals surface area contributed by atoms with Gasteiger partial charge in [-0.1, -0.05) is 6.07 Å². The Morgan fingerprint density at radius 1 is 1.32 bits per heavy atom. The van der Waals surface area contributed by atoms with Gasteiger partial charge in [0.2, 0.25) is 0 Å². The van der Waals surface area contributed by atoms with Crippen LogP contribution < -0.4 is 5.32 Å². The van der Waals surface area contributed by atoms with Crippen LogP contribution in [-0.2, 0) is 10.2 Å². The Labute approximate surface area is 165 Å². The van der Waals surface area contributed by atoms with Crippen molar-refractivity contribution < 1.29 is 13.9 Å². The van der Waals surface area contributed by atoms with Gasteiger partial charge in [-0.2, -0.15) is 10.5 Å². The number of nitriles is 2. The van der Waals surface area contributed by atoms with E-state index in [0.29, 0.717) is 38.0 Å². The maximum absolute atomic E-state index is 13.4. The molecule has 0 unspecified atom stereocenters. The number of piperidine rings is 1. The number of hydrogen-bond donors (Lipinski definition) is 1. The first-order chi connectivity index (χ1) is 13.2. The smallest absolute Gasteiger partial charge is 0.407 e. The van der Waals surface area contributed by atoms with E-state index in [1.54, 1.807) is 6.07 Å². The number of hydrogen-bond acceptors (Lipinski definition) is 5. The highest BCUT2D eigenvalue weighted by Crippen LogP contribution is 2.37. The molecule has 0 atom stereocenters. The molecule has 1 aromatic carbocycles. The monoisotopic (exact) mass is 386 g/mol. The third-order valence-corrected chi connectivity index (χ3v) is 4.86. The summed E-state index contributed by atoms with van der Waals surface area (Å²) in [7, 11) is 0. The van der Waals surface area contributed by atoms with E-state index in [1.165, 1.54) is 12.1 Å². The number of halogens is 1. The molecule has 1 aromatic rings. The van der Waals surface area contributed by atoms with Gasteiger partial charge in [0.25, 0.3) is 0 Å². The lowest BCUT2D eigenvalue weighted by atomic mass is 9.72. The third-order valence-electron chi connectivity index (χ3n) is 4.86. The maximum Gasteiger partial charge on any atom is 0.407 e. The van der Waals surface area contributed by atoms with Crippen LogP contribution in [0.1, 0.15) is 51.2 Å². The van der Waals surface area contributed by atoms with Crippen LogP contribution in [0.2, 0.25) is 0 Å². The molecule has 1 aliphatic rings. The molecule has 0 aromatic heterocycles. The lowest BCUT2D eigenvalue weighted by Crippen LogP contribution is -2.43. The fourth-order valence-electron chi connectivity index (χ4n) is 3.43. The molecule has 150 valence electrons. The maximum atomic E-state index is 13.4. The average Bonchev–Trinajstić information content (AvgIpc) is 2.64. The molecule has 7 heteroatoms. The quantitative estimate of drug-likeness (QED) is 0.783. The Morgan fingerprint density at radius 3 is 2.57 bits per heavy atom. The molecule has 28 heavy (non-hydrogen) atoms. The number of nitrogens with zero attached hydrogens (tertiary/aromatic N) is 3. The number of nitrogens with one attached hydrogen (secondary N) is 1. The number of amides is 1. The molecule has 1 amide bonds. The van der Waals surface area contributed by atoms with E-state index in [4.69, 9.17) is 4.74 Å². The highest BCUT2D eigenvalue weighted by atomic mass is 19.1. The minimum atomic E-state index is -0.760. The Hall–Kier alpha value is -2.64. The number of ether oxygens (including phenoxy) is 1. The number of rotatable bonds is 5. The SMILES string of the molecule is CC(C)(C)OC(=O)NCCCN1CCC(C#N)(c2ccc(F)cc2C#N)CC1. The zero-order valence-corrected chi connectivity index (χ0v) is 16.7. The molecule has 0 aliphatic carbocycles. The Kier molecular flexibility index (Phi) is 6.99. The third kappa shape index (κ3) is 5.68. The summed E-state index contributed by atoms with van der Waals surface area (Å²) in [6.45, 7) is 8.20. The van der Waals surface area contributed by atoms with E-state index >= 15 is 0 Å². The molecule has 1 aliphatic heterocycles. The van der Waals surface area contributed by atoms with Crippen molar-refractivity contribution in [1.82, 2.24) is 10.2 Å². The van der Waals surface area contributed by atoms with Crippen molar-refractivity contribution in [2.45, 2.75) is 51.0 Å². The summed E-state index contributed by atoms with van der Waals surface area (Å²) in [6, 6.07) is 8.47. The molecule has 2 rings (SSSR count). The fraction of sp³-hybridized carbons (Fsp3) is 0.571. The highest BCUT2D eigenvalue weighted by Gasteiger charge is 2.38. The van der Waals surface area contributed by atoms with Crippen molar-refractivity contribution >= 4 is 6.09 Å². The van der Waals surface area contributed by atoms with Gasteiger partial charge in [0.15, 0.2) is 0 Å². The lowest BCUT2D eigenvalue weighted by Gasteiger charge is -2.38. The molecular weight excluding hydrogens is 359 g/mol. The zero-order chi connectivity index (χ0) is 20.8. The lowest BCUT2D eigenvalue weighted by molar-refractivity contribution is 0.0525. The molecule has 0 spiro atoms. The normalized spacial score (nSPS) is 16.6. The van der Waals surface area contributed by atoms with Gasteiger partial charge in [-0.05, 0) is 77.4 Å². The summed E-state index contributed by atoms with van der Waals surface area (Å²) in [5, 5.41) is 21.9. The zero-order valence-electron chi connectivity index (χ0n) is 16.7. The Bertz CT molecular complexity index is 781. The summed E-state index contributed by atoms with van der Waals surface area (Å²) >= 11 is 0. The highest BCUT2D eigenvalue weighted by molar-refractivity contribution is 5.67. The summed E-state index contributed by atoms with van der Waals surface area (Å²) in [5.41, 5.74) is -0.425. The second kappa shape index (κ2) is 9.03. The van der Waals surface area contributed by atoms with E-state index in [0.717, 1.165) is 13.0 Å². The van der Waals surface area contributed by atoms with Crippen molar-refractivity contribution in [3.05, 3.63) is 35.1 Å². The second-order valence-corrected chi connectivity index (χ2v) is 8.12. The van der Waals surface area contributed by atoms with Crippen LogP contribution >= 0.6 is 0 Å². The fourth-order valence-corrected chi connectivity index (χ4v) is 3.43. The molecule has 1 fully saturated rings. The number of carbonyl (C=O) groups is 1. The van der Waals surface area contributed by atoms with Crippen LogP contribution in [0.4, 0.5) is 9.18 Å². The van der Waals surface area contributed by atoms with Gasteiger partial charge >= 0.3 is 6.09 Å². The minimum Gasteiger partial charge on any atom is -0.444 e. The Morgan fingerprint density at radius 2 is 2.00 bits per heavy atom. The van der Waals surface area contributed by atoms with Crippen molar-refractivity contribution in [2.75, 3.05) is 26.2 Å². The summed E-state index contributed by atoms with van der Waals surface area (Å²) in [4.78, 5) is 13.9. The van der Waals surface area contributed by atoms with E-state index in [1.807, 2.05) is 26.8 Å². The average molecular weight is 386 g/mol. The number of alkyl carbamates (subject to hydrolysis) is 1. The van der Waals surface area contributed by atoms with Crippen LogP contribution in [0.15, 0.2) is 18.2 Å². The van der Waals surface area contributed by atoms with Gasteiger partial charge in [0.1, 0.15) is 11.4 Å². The van der Waals surface area contributed by atoms with Crippen molar-refractivity contribution in [3.63, 3.8) is 0 Å².